The van der Waals surface area contributed by atoms with E-state index in [4.69, 9.17) is 5.73 Å². The van der Waals surface area contributed by atoms with E-state index in [9.17, 15) is 0 Å². The van der Waals surface area contributed by atoms with Gasteiger partial charge in [0, 0.05) is 0 Å². The zero-order chi connectivity index (χ0) is 8.20. The van der Waals surface area contributed by atoms with E-state index in [1.165, 1.54) is 12.8 Å². The van der Waals surface area contributed by atoms with E-state index in [1.54, 1.807) is 0 Å². The summed E-state index contributed by atoms with van der Waals surface area (Å²) in [6, 6.07) is 0. The highest BCUT2D eigenvalue weighted by molar-refractivity contribution is 4.74. The molecule has 0 radical (unpaired) electrons. The van der Waals surface area contributed by atoms with Crippen molar-refractivity contribution in [3.05, 3.63) is 0 Å². The lowest BCUT2D eigenvalue weighted by Gasteiger charge is -2.28. The molecule has 0 amide bonds. The van der Waals surface area contributed by atoms with Gasteiger partial charge < -0.3 is 5.73 Å². The zero-order valence-electron chi connectivity index (χ0n) is 7.78. The van der Waals surface area contributed by atoms with Crippen molar-refractivity contribution in [2.45, 2.75) is 40.5 Å². The Morgan fingerprint density at radius 1 is 1.40 bits per heavy atom. The first-order chi connectivity index (χ1) is 4.54. The predicted molar refractivity (Wildman–Crippen MR) is 46.9 cm³/mol. The van der Waals surface area contributed by atoms with Gasteiger partial charge in [0.25, 0.3) is 0 Å². The van der Waals surface area contributed by atoms with E-state index in [1.807, 2.05) is 0 Å². The quantitative estimate of drug-likeness (QED) is 0.642. The van der Waals surface area contributed by atoms with E-state index in [0.29, 0.717) is 5.41 Å². The minimum Gasteiger partial charge on any atom is -0.330 e. The molecule has 0 aromatic heterocycles. The molecule has 1 nitrogen and oxygen atoms in total. The minimum absolute atomic E-state index is 0.383. The Balaban J connectivity index is 3.80. The van der Waals surface area contributed by atoms with Gasteiger partial charge in [-0.3, -0.25) is 0 Å². The normalized spacial score (nSPS) is 17.4. The second kappa shape index (κ2) is 3.97. The highest BCUT2D eigenvalue weighted by Gasteiger charge is 2.20. The van der Waals surface area contributed by atoms with Crippen molar-refractivity contribution in [2.24, 2.45) is 17.1 Å². The molecule has 0 spiro atoms. The van der Waals surface area contributed by atoms with Gasteiger partial charge in [-0.25, -0.2) is 0 Å². The molecule has 10 heavy (non-hydrogen) atoms. The summed E-state index contributed by atoms with van der Waals surface area (Å²) in [5.41, 5.74) is 6.05. The third-order valence-corrected chi connectivity index (χ3v) is 2.25. The molecular formula is C9H21N. The summed E-state index contributed by atoms with van der Waals surface area (Å²) >= 11 is 0. The molecule has 0 bridgehead atoms. The maximum Gasteiger partial charge on any atom is -0.00232 e. The summed E-state index contributed by atoms with van der Waals surface area (Å²) in [5, 5.41) is 0. The summed E-state index contributed by atoms with van der Waals surface area (Å²) < 4.78 is 0. The number of nitrogens with two attached hydrogens (primary N) is 1. The molecule has 62 valence electrons. The molecule has 0 aromatic carbocycles. The fourth-order valence-electron chi connectivity index (χ4n) is 1.36. The standard InChI is InChI=1S/C9H21N/c1-5-9(4,7-10)6-8(2)3/h8H,5-7,10H2,1-4H3. The van der Waals surface area contributed by atoms with Crippen LogP contribution in [-0.2, 0) is 0 Å². The van der Waals surface area contributed by atoms with Crippen LogP contribution in [-0.4, -0.2) is 6.54 Å². The smallest absolute Gasteiger partial charge is 0.00232 e. The average Bonchev–Trinajstić information content (AvgIpc) is 1.87. The van der Waals surface area contributed by atoms with E-state index in [-0.39, 0.29) is 0 Å². The van der Waals surface area contributed by atoms with Gasteiger partial charge in [0.15, 0.2) is 0 Å². The van der Waals surface area contributed by atoms with Gasteiger partial charge in [-0.2, -0.15) is 0 Å². The summed E-state index contributed by atoms with van der Waals surface area (Å²) in [6.07, 6.45) is 2.45. The third-order valence-electron chi connectivity index (χ3n) is 2.25. The third kappa shape index (κ3) is 3.21. The van der Waals surface area contributed by atoms with Gasteiger partial charge in [-0.05, 0) is 30.7 Å². The van der Waals surface area contributed by atoms with E-state index in [0.717, 1.165) is 12.5 Å². The Kier molecular flexibility index (Phi) is 3.95. The fraction of sp³-hybridized carbons (Fsp3) is 1.00. The molecule has 0 rings (SSSR count). The molecule has 0 heterocycles. The van der Waals surface area contributed by atoms with Crippen molar-refractivity contribution < 1.29 is 0 Å². The molecule has 0 saturated heterocycles. The molecule has 1 heteroatoms. The lowest BCUT2D eigenvalue weighted by atomic mass is 9.80. The Morgan fingerprint density at radius 3 is 2.00 bits per heavy atom. The Labute approximate surface area is 65.0 Å². The fourth-order valence-corrected chi connectivity index (χ4v) is 1.36. The van der Waals surface area contributed by atoms with Crippen LogP contribution in [0.1, 0.15) is 40.5 Å². The van der Waals surface area contributed by atoms with Gasteiger partial charge in [0.05, 0.1) is 0 Å². The lowest BCUT2D eigenvalue weighted by Crippen LogP contribution is -2.27. The van der Waals surface area contributed by atoms with Crippen LogP contribution in [0.4, 0.5) is 0 Å². The summed E-state index contributed by atoms with van der Waals surface area (Å²) in [5.74, 6) is 0.772. The van der Waals surface area contributed by atoms with Gasteiger partial charge in [0.1, 0.15) is 0 Å². The van der Waals surface area contributed by atoms with Crippen LogP contribution in [0.5, 0.6) is 0 Å². The molecule has 1 unspecified atom stereocenters. The van der Waals surface area contributed by atoms with Gasteiger partial charge >= 0.3 is 0 Å². The van der Waals surface area contributed by atoms with Gasteiger partial charge in [0.2, 0.25) is 0 Å². The highest BCUT2D eigenvalue weighted by atomic mass is 14.6. The minimum atomic E-state index is 0.383. The summed E-state index contributed by atoms with van der Waals surface area (Å²) in [6.45, 7) is 9.82. The second-order valence-electron chi connectivity index (χ2n) is 3.97. The van der Waals surface area contributed by atoms with E-state index >= 15 is 0 Å². The largest absolute Gasteiger partial charge is 0.330 e. The van der Waals surface area contributed by atoms with E-state index < -0.39 is 0 Å². The first-order valence-electron chi connectivity index (χ1n) is 4.24. The molecule has 0 saturated carbocycles. The molecule has 0 fully saturated rings. The van der Waals surface area contributed by atoms with Crippen LogP contribution in [0.3, 0.4) is 0 Å². The molecule has 2 N–H and O–H groups in total. The Hall–Kier alpha value is -0.0400. The van der Waals surface area contributed by atoms with Crippen LogP contribution in [0.25, 0.3) is 0 Å². The van der Waals surface area contributed by atoms with Gasteiger partial charge in [-0.15, -0.1) is 0 Å². The van der Waals surface area contributed by atoms with Crippen LogP contribution in [0, 0.1) is 11.3 Å². The summed E-state index contributed by atoms with van der Waals surface area (Å²) in [4.78, 5) is 0. The van der Waals surface area contributed by atoms with Crippen molar-refractivity contribution in [2.75, 3.05) is 6.54 Å². The molecule has 0 aromatic rings. The maximum absolute atomic E-state index is 5.67. The SMILES string of the molecule is CCC(C)(CN)CC(C)C. The predicted octanol–water partition coefficient (Wildman–Crippen LogP) is 2.41. The highest BCUT2D eigenvalue weighted by Crippen LogP contribution is 2.27. The van der Waals surface area contributed by atoms with Crippen LogP contribution in [0.2, 0.25) is 0 Å². The second-order valence-corrected chi connectivity index (χ2v) is 3.97. The molecule has 1 atom stereocenters. The van der Waals surface area contributed by atoms with Crippen LogP contribution in [0.15, 0.2) is 0 Å². The average molecular weight is 143 g/mol. The topological polar surface area (TPSA) is 26.0 Å². The molecule has 0 aliphatic carbocycles. The first kappa shape index (κ1) is 9.96. The van der Waals surface area contributed by atoms with Crippen LogP contribution >= 0.6 is 0 Å². The van der Waals surface area contributed by atoms with Crippen molar-refractivity contribution >= 4 is 0 Å². The lowest BCUT2D eigenvalue weighted by molar-refractivity contribution is 0.256. The number of rotatable bonds is 4. The van der Waals surface area contributed by atoms with E-state index in [2.05, 4.69) is 27.7 Å². The number of hydrogen-bond acceptors (Lipinski definition) is 1. The van der Waals surface area contributed by atoms with Crippen molar-refractivity contribution in [1.82, 2.24) is 0 Å². The first-order valence-corrected chi connectivity index (χ1v) is 4.24. The van der Waals surface area contributed by atoms with Crippen molar-refractivity contribution in [1.29, 1.82) is 0 Å². The number of hydrogen-bond donors (Lipinski definition) is 1. The molecular weight excluding hydrogens is 122 g/mol. The maximum atomic E-state index is 5.67. The van der Waals surface area contributed by atoms with Gasteiger partial charge in [-0.1, -0.05) is 27.7 Å². The summed E-state index contributed by atoms with van der Waals surface area (Å²) in [7, 11) is 0. The van der Waals surface area contributed by atoms with Crippen molar-refractivity contribution in [3.63, 3.8) is 0 Å². The Morgan fingerprint density at radius 2 is 1.90 bits per heavy atom. The Bertz CT molecular complexity index is 82.7. The molecule has 0 aliphatic heterocycles. The molecule has 0 aliphatic rings. The monoisotopic (exact) mass is 143 g/mol. The zero-order valence-corrected chi connectivity index (χ0v) is 7.78. The van der Waals surface area contributed by atoms with Crippen LogP contribution < -0.4 is 5.73 Å². The van der Waals surface area contributed by atoms with Crippen molar-refractivity contribution in [3.8, 4) is 0 Å².